The molecule has 0 spiro atoms. The number of nitrogens with zero attached hydrogens (tertiary/aromatic N) is 1. The number of anilines is 2. The van der Waals surface area contributed by atoms with Gasteiger partial charge in [0.25, 0.3) is 11.8 Å². The van der Waals surface area contributed by atoms with Gasteiger partial charge in [0.15, 0.2) is 0 Å². The summed E-state index contributed by atoms with van der Waals surface area (Å²) in [6, 6.07) is 20.1. The second-order valence-corrected chi connectivity index (χ2v) is 6.34. The van der Waals surface area contributed by atoms with Gasteiger partial charge in [0.05, 0.1) is 0 Å². The largest absolute Gasteiger partial charge is 0.320 e. The Balaban J connectivity index is 1.78. The Hall–Kier alpha value is -3.47. The van der Waals surface area contributed by atoms with E-state index in [1.165, 1.54) is 0 Å². The summed E-state index contributed by atoms with van der Waals surface area (Å²) in [5.41, 5.74) is 3.98. The van der Waals surface area contributed by atoms with E-state index < -0.39 is 0 Å². The molecule has 3 rings (SSSR count). The highest BCUT2D eigenvalue weighted by molar-refractivity contribution is 6.06. The maximum Gasteiger partial charge on any atom is 0.274 e. The van der Waals surface area contributed by atoms with Crippen LogP contribution in [0.2, 0.25) is 0 Å². The number of carbonyl (C=O) groups excluding carboxylic acids is 2. The lowest BCUT2D eigenvalue weighted by atomic mass is 10.1. The van der Waals surface area contributed by atoms with E-state index in [4.69, 9.17) is 0 Å². The summed E-state index contributed by atoms with van der Waals surface area (Å²) in [5, 5.41) is 5.76. The van der Waals surface area contributed by atoms with Crippen molar-refractivity contribution in [1.82, 2.24) is 4.98 Å². The summed E-state index contributed by atoms with van der Waals surface area (Å²) in [6.45, 7) is 4.06. The van der Waals surface area contributed by atoms with E-state index in [1.807, 2.05) is 62.4 Å². The maximum atomic E-state index is 12.6. The molecular weight excluding hydrogens is 350 g/mol. The summed E-state index contributed by atoms with van der Waals surface area (Å²) < 4.78 is 0. The molecule has 0 unspecified atom stereocenters. The molecule has 2 aromatic carbocycles. The van der Waals surface area contributed by atoms with Crippen LogP contribution in [0.3, 0.4) is 0 Å². The van der Waals surface area contributed by atoms with Gasteiger partial charge in [-0.15, -0.1) is 0 Å². The monoisotopic (exact) mass is 373 g/mol. The first-order chi connectivity index (χ1) is 13.6. The van der Waals surface area contributed by atoms with Crippen molar-refractivity contribution in [3.8, 4) is 0 Å². The third kappa shape index (κ3) is 4.43. The predicted octanol–water partition coefficient (Wildman–Crippen LogP) is 4.71. The molecule has 5 nitrogen and oxygen atoms in total. The maximum absolute atomic E-state index is 12.6. The number of benzene rings is 2. The second kappa shape index (κ2) is 8.95. The van der Waals surface area contributed by atoms with E-state index in [-0.39, 0.29) is 23.2 Å². The van der Waals surface area contributed by atoms with Gasteiger partial charge in [-0.05, 0) is 48.2 Å². The van der Waals surface area contributed by atoms with E-state index in [2.05, 4.69) is 15.6 Å². The van der Waals surface area contributed by atoms with Gasteiger partial charge in [-0.25, -0.2) is 4.98 Å². The minimum absolute atomic E-state index is 0.197. The molecule has 2 amide bonds. The molecule has 0 radical (unpaired) electrons. The minimum atomic E-state index is -0.343. The first-order valence-corrected chi connectivity index (χ1v) is 9.38. The smallest absolute Gasteiger partial charge is 0.274 e. The predicted molar refractivity (Wildman–Crippen MR) is 112 cm³/mol. The second-order valence-electron chi connectivity index (χ2n) is 6.34. The zero-order valence-electron chi connectivity index (χ0n) is 16.0. The Labute approximate surface area is 164 Å². The van der Waals surface area contributed by atoms with Crippen LogP contribution < -0.4 is 10.6 Å². The number of hydrogen-bond acceptors (Lipinski definition) is 3. The van der Waals surface area contributed by atoms with Crippen LogP contribution in [0.15, 0.2) is 66.7 Å². The van der Waals surface area contributed by atoms with Crippen LogP contribution >= 0.6 is 0 Å². The van der Waals surface area contributed by atoms with Crippen molar-refractivity contribution in [2.45, 2.75) is 26.7 Å². The summed E-state index contributed by atoms with van der Waals surface area (Å²) in [4.78, 5) is 29.5. The SMILES string of the molecule is CCc1ccccc1NC(=O)c1cccc(C(=O)Nc2ccccc2CC)n1. The summed E-state index contributed by atoms with van der Waals surface area (Å²) in [6.07, 6.45) is 1.62. The Morgan fingerprint density at radius 1 is 0.679 bits per heavy atom. The third-order valence-corrected chi connectivity index (χ3v) is 4.51. The normalized spacial score (nSPS) is 10.4. The Bertz CT molecular complexity index is 922. The average Bonchev–Trinajstić information content (AvgIpc) is 2.74. The van der Waals surface area contributed by atoms with Crippen molar-refractivity contribution in [1.29, 1.82) is 0 Å². The van der Waals surface area contributed by atoms with Gasteiger partial charge in [0.2, 0.25) is 0 Å². The van der Waals surface area contributed by atoms with E-state index in [0.29, 0.717) is 0 Å². The number of hydrogen-bond donors (Lipinski definition) is 2. The van der Waals surface area contributed by atoms with E-state index >= 15 is 0 Å². The topological polar surface area (TPSA) is 71.1 Å². The number of amides is 2. The first-order valence-electron chi connectivity index (χ1n) is 9.38. The van der Waals surface area contributed by atoms with Crippen LogP contribution in [0.4, 0.5) is 11.4 Å². The van der Waals surface area contributed by atoms with Gasteiger partial charge >= 0.3 is 0 Å². The van der Waals surface area contributed by atoms with Crippen molar-refractivity contribution in [3.05, 3.63) is 89.2 Å². The van der Waals surface area contributed by atoms with Gasteiger partial charge < -0.3 is 10.6 Å². The van der Waals surface area contributed by atoms with Crippen LogP contribution in [0, 0.1) is 0 Å². The number of carbonyl (C=O) groups is 2. The van der Waals surface area contributed by atoms with Gasteiger partial charge in [-0.1, -0.05) is 56.3 Å². The van der Waals surface area contributed by atoms with Crippen molar-refractivity contribution in [2.24, 2.45) is 0 Å². The summed E-state index contributed by atoms with van der Waals surface area (Å²) in [5.74, 6) is -0.686. The molecule has 0 aliphatic carbocycles. The Morgan fingerprint density at radius 2 is 1.11 bits per heavy atom. The zero-order valence-corrected chi connectivity index (χ0v) is 16.0. The highest BCUT2D eigenvalue weighted by atomic mass is 16.2. The molecule has 142 valence electrons. The van der Waals surface area contributed by atoms with Crippen molar-refractivity contribution >= 4 is 23.2 Å². The molecule has 1 heterocycles. The fourth-order valence-electron chi connectivity index (χ4n) is 2.96. The number of rotatable bonds is 6. The van der Waals surface area contributed by atoms with Gasteiger partial charge in [0.1, 0.15) is 11.4 Å². The molecule has 3 aromatic rings. The molecule has 0 aliphatic rings. The Morgan fingerprint density at radius 3 is 1.54 bits per heavy atom. The van der Waals surface area contributed by atoms with Gasteiger partial charge in [-0.3, -0.25) is 9.59 Å². The lowest BCUT2D eigenvalue weighted by Gasteiger charge is -2.11. The van der Waals surface area contributed by atoms with Crippen molar-refractivity contribution < 1.29 is 9.59 Å². The van der Waals surface area contributed by atoms with E-state index in [0.717, 1.165) is 35.3 Å². The number of aryl methyl sites for hydroxylation is 2. The van der Waals surface area contributed by atoms with Crippen molar-refractivity contribution in [3.63, 3.8) is 0 Å². The number of nitrogens with one attached hydrogen (secondary N) is 2. The van der Waals surface area contributed by atoms with Gasteiger partial charge in [-0.2, -0.15) is 0 Å². The fraction of sp³-hybridized carbons (Fsp3) is 0.174. The molecule has 0 atom stereocenters. The van der Waals surface area contributed by atoms with Crippen LogP contribution in [-0.2, 0) is 12.8 Å². The molecule has 28 heavy (non-hydrogen) atoms. The Kier molecular flexibility index (Phi) is 6.17. The van der Waals surface area contributed by atoms with Crippen LogP contribution in [0.5, 0.6) is 0 Å². The van der Waals surface area contributed by atoms with E-state index in [1.54, 1.807) is 18.2 Å². The lowest BCUT2D eigenvalue weighted by Crippen LogP contribution is -2.19. The molecular formula is C23H23N3O2. The molecule has 5 heteroatoms. The number of pyridine rings is 1. The molecule has 0 saturated heterocycles. The highest BCUT2D eigenvalue weighted by Gasteiger charge is 2.14. The fourth-order valence-corrected chi connectivity index (χ4v) is 2.96. The van der Waals surface area contributed by atoms with Crippen LogP contribution in [0.25, 0.3) is 0 Å². The highest BCUT2D eigenvalue weighted by Crippen LogP contribution is 2.18. The minimum Gasteiger partial charge on any atom is -0.320 e. The summed E-state index contributed by atoms with van der Waals surface area (Å²) >= 11 is 0. The number of aromatic nitrogens is 1. The molecule has 0 fully saturated rings. The standard InChI is InChI=1S/C23H23N3O2/c1-3-16-10-5-7-12-18(16)25-22(27)20-14-9-15-21(24-20)23(28)26-19-13-8-6-11-17(19)4-2/h5-15H,3-4H2,1-2H3,(H,25,27)(H,26,28). The molecule has 1 aromatic heterocycles. The van der Waals surface area contributed by atoms with Crippen LogP contribution in [-0.4, -0.2) is 16.8 Å². The van der Waals surface area contributed by atoms with Gasteiger partial charge in [0, 0.05) is 11.4 Å². The average molecular weight is 373 g/mol. The third-order valence-electron chi connectivity index (χ3n) is 4.51. The molecule has 0 bridgehead atoms. The lowest BCUT2D eigenvalue weighted by molar-refractivity contribution is 0.101. The quantitative estimate of drug-likeness (QED) is 0.657. The van der Waals surface area contributed by atoms with E-state index in [9.17, 15) is 9.59 Å². The molecule has 2 N–H and O–H groups in total. The molecule has 0 saturated carbocycles. The first kappa shape index (κ1) is 19.3. The van der Waals surface area contributed by atoms with Crippen LogP contribution in [0.1, 0.15) is 46.0 Å². The van der Waals surface area contributed by atoms with Crippen molar-refractivity contribution in [2.75, 3.05) is 10.6 Å². The summed E-state index contributed by atoms with van der Waals surface area (Å²) in [7, 11) is 0. The number of para-hydroxylation sites is 2. The molecule has 0 aliphatic heterocycles. The zero-order chi connectivity index (χ0) is 19.9.